The highest BCUT2D eigenvalue weighted by Crippen LogP contribution is 2.25. The van der Waals surface area contributed by atoms with E-state index in [0.717, 1.165) is 19.7 Å². The van der Waals surface area contributed by atoms with Crippen molar-refractivity contribution in [2.75, 3.05) is 39.3 Å². The van der Waals surface area contributed by atoms with E-state index in [1.54, 1.807) is 0 Å². The summed E-state index contributed by atoms with van der Waals surface area (Å²) in [7, 11) is 0. The van der Waals surface area contributed by atoms with E-state index in [1.165, 1.54) is 51.7 Å². The summed E-state index contributed by atoms with van der Waals surface area (Å²) >= 11 is 0. The molecule has 0 N–H and O–H groups in total. The average molecular weight is 355 g/mol. The van der Waals surface area contributed by atoms with Crippen LogP contribution in [0.2, 0.25) is 0 Å². The zero-order chi connectivity index (χ0) is 18.5. The normalized spacial score (nSPS) is 22.3. The lowest BCUT2D eigenvalue weighted by molar-refractivity contribution is -0.129. The summed E-state index contributed by atoms with van der Waals surface area (Å²) in [6.45, 7) is 20.0. The summed E-state index contributed by atoms with van der Waals surface area (Å²) in [5.74, 6) is 0. The fourth-order valence-electron chi connectivity index (χ4n) is 3.61. The molecule has 0 aromatic heterocycles. The van der Waals surface area contributed by atoms with Crippen molar-refractivity contribution in [3.05, 3.63) is 0 Å². The van der Waals surface area contributed by atoms with Crippen LogP contribution in [0.25, 0.3) is 0 Å². The third-order valence-electron chi connectivity index (χ3n) is 5.37. The van der Waals surface area contributed by atoms with Gasteiger partial charge in [0.15, 0.2) is 0 Å². The van der Waals surface area contributed by atoms with Gasteiger partial charge in [-0.25, -0.2) is 0 Å². The van der Waals surface area contributed by atoms with Gasteiger partial charge in [-0.05, 0) is 80.2 Å². The number of piperidine rings is 1. The molecule has 0 amide bonds. The van der Waals surface area contributed by atoms with E-state index in [2.05, 4.69) is 51.3 Å². The Morgan fingerprint density at radius 1 is 0.840 bits per heavy atom. The molecule has 2 rings (SSSR count). The molecule has 0 bridgehead atoms. The molecule has 0 radical (unpaired) electrons. The maximum absolute atomic E-state index is 6.31. The van der Waals surface area contributed by atoms with E-state index in [1.807, 2.05) is 0 Å². The standard InChI is InChI=1S/C21H42N2O2/c1-20(2,3)23-16-19(17-23)25-18-10-13-22(14-11-18)12-8-7-9-15-24-21(4,5)6/h18-19H,7-17H2,1-6H3. The first-order valence-electron chi connectivity index (χ1n) is 10.4. The van der Waals surface area contributed by atoms with Gasteiger partial charge in [0, 0.05) is 38.3 Å². The van der Waals surface area contributed by atoms with Crippen molar-refractivity contribution in [3.8, 4) is 0 Å². The minimum absolute atomic E-state index is 0.00618. The van der Waals surface area contributed by atoms with E-state index in [9.17, 15) is 0 Å². The number of ether oxygens (including phenoxy) is 2. The van der Waals surface area contributed by atoms with Crippen LogP contribution in [-0.2, 0) is 9.47 Å². The number of hydrogen-bond donors (Lipinski definition) is 0. The first kappa shape index (κ1) is 21.1. The molecule has 4 nitrogen and oxygen atoms in total. The maximum atomic E-state index is 6.31. The van der Waals surface area contributed by atoms with Crippen LogP contribution in [0.5, 0.6) is 0 Å². The fraction of sp³-hybridized carbons (Fsp3) is 1.00. The molecule has 2 saturated heterocycles. The molecule has 25 heavy (non-hydrogen) atoms. The fourth-order valence-corrected chi connectivity index (χ4v) is 3.61. The molecule has 0 atom stereocenters. The van der Waals surface area contributed by atoms with Crippen LogP contribution in [0.4, 0.5) is 0 Å². The SMILES string of the molecule is CC(C)(C)OCCCCCN1CCC(OC2CN(C(C)(C)C)C2)CC1. The zero-order valence-electron chi connectivity index (χ0n) is 17.6. The van der Waals surface area contributed by atoms with E-state index < -0.39 is 0 Å². The van der Waals surface area contributed by atoms with Gasteiger partial charge in [-0.2, -0.15) is 0 Å². The Morgan fingerprint density at radius 2 is 1.48 bits per heavy atom. The highest BCUT2D eigenvalue weighted by molar-refractivity contribution is 4.90. The summed E-state index contributed by atoms with van der Waals surface area (Å²) in [6, 6.07) is 0. The smallest absolute Gasteiger partial charge is 0.0832 e. The van der Waals surface area contributed by atoms with Crippen LogP contribution in [0.15, 0.2) is 0 Å². The Morgan fingerprint density at radius 3 is 2.04 bits per heavy atom. The number of rotatable bonds is 8. The van der Waals surface area contributed by atoms with Gasteiger partial charge in [-0.15, -0.1) is 0 Å². The number of unbranched alkanes of at least 4 members (excludes halogenated alkanes) is 2. The lowest BCUT2D eigenvalue weighted by Crippen LogP contribution is -2.60. The van der Waals surface area contributed by atoms with Crippen LogP contribution in [0.3, 0.4) is 0 Å². The number of nitrogens with zero attached hydrogens (tertiary/aromatic N) is 2. The second-order valence-corrected chi connectivity index (χ2v) is 9.90. The highest BCUT2D eigenvalue weighted by Gasteiger charge is 2.36. The third kappa shape index (κ3) is 7.94. The highest BCUT2D eigenvalue weighted by atomic mass is 16.5. The molecular formula is C21H42N2O2. The Hall–Kier alpha value is -0.160. The quantitative estimate of drug-likeness (QED) is 0.617. The lowest BCUT2D eigenvalue weighted by Gasteiger charge is -2.48. The molecule has 148 valence electrons. The van der Waals surface area contributed by atoms with E-state index in [4.69, 9.17) is 9.47 Å². The van der Waals surface area contributed by atoms with Crippen molar-refractivity contribution >= 4 is 0 Å². The van der Waals surface area contributed by atoms with E-state index in [0.29, 0.717) is 17.7 Å². The van der Waals surface area contributed by atoms with E-state index in [-0.39, 0.29) is 5.60 Å². The second kappa shape index (κ2) is 9.16. The van der Waals surface area contributed by atoms with Gasteiger partial charge in [0.2, 0.25) is 0 Å². The molecular weight excluding hydrogens is 312 g/mol. The van der Waals surface area contributed by atoms with Crippen molar-refractivity contribution in [1.82, 2.24) is 9.80 Å². The molecule has 0 spiro atoms. The number of likely N-dealkylation sites (tertiary alicyclic amines) is 2. The Bertz CT molecular complexity index is 372. The summed E-state index contributed by atoms with van der Waals surface area (Å²) in [5.41, 5.74) is 0.299. The van der Waals surface area contributed by atoms with E-state index >= 15 is 0 Å². The van der Waals surface area contributed by atoms with Gasteiger partial charge in [0.1, 0.15) is 0 Å². The van der Waals surface area contributed by atoms with Crippen LogP contribution in [0.1, 0.15) is 73.6 Å². The van der Waals surface area contributed by atoms with Gasteiger partial charge in [0.05, 0.1) is 17.8 Å². The van der Waals surface area contributed by atoms with Crippen molar-refractivity contribution in [3.63, 3.8) is 0 Å². The average Bonchev–Trinajstić information content (AvgIpc) is 2.45. The predicted octanol–water partition coefficient (Wildman–Crippen LogP) is 3.94. The molecule has 2 fully saturated rings. The minimum atomic E-state index is 0.00618. The molecule has 0 aliphatic carbocycles. The van der Waals surface area contributed by atoms with Crippen molar-refractivity contribution in [1.29, 1.82) is 0 Å². The number of hydrogen-bond acceptors (Lipinski definition) is 4. The molecule has 2 aliphatic rings. The molecule has 0 unspecified atom stereocenters. The Kier molecular flexibility index (Phi) is 7.75. The van der Waals surface area contributed by atoms with Gasteiger partial charge in [-0.3, -0.25) is 4.90 Å². The monoisotopic (exact) mass is 354 g/mol. The van der Waals surface area contributed by atoms with Crippen LogP contribution in [-0.4, -0.2) is 72.5 Å². The molecule has 4 heteroatoms. The van der Waals surface area contributed by atoms with Gasteiger partial charge < -0.3 is 14.4 Å². The molecule has 0 aromatic rings. The molecule has 0 aromatic carbocycles. The molecule has 2 heterocycles. The first-order valence-corrected chi connectivity index (χ1v) is 10.4. The van der Waals surface area contributed by atoms with Gasteiger partial charge >= 0.3 is 0 Å². The van der Waals surface area contributed by atoms with Crippen molar-refractivity contribution < 1.29 is 9.47 Å². The molecule has 2 aliphatic heterocycles. The van der Waals surface area contributed by atoms with Crippen LogP contribution < -0.4 is 0 Å². The summed E-state index contributed by atoms with van der Waals surface area (Å²) in [6.07, 6.45) is 7.13. The Balaban J connectivity index is 1.47. The van der Waals surface area contributed by atoms with Crippen molar-refractivity contribution in [2.24, 2.45) is 0 Å². The minimum Gasteiger partial charge on any atom is -0.376 e. The largest absolute Gasteiger partial charge is 0.376 e. The van der Waals surface area contributed by atoms with Gasteiger partial charge in [-0.1, -0.05) is 0 Å². The predicted molar refractivity (Wildman–Crippen MR) is 105 cm³/mol. The summed E-state index contributed by atoms with van der Waals surface area (Å²) in [5, 5.41) is 0. The first-order chi connectivity index (χ1) is 11.6. The van der Waals surface area contributed by atoms with Gasteiger partial charge in [0.25, 0.3) is 0 Å². The van der Waals surface area contributed by atoms with Crippen LogP contribution in [0, 0.1) is 0 Å². The lowest BCUT2D eigenvalue weighted by atomic mass is 9.98. The van der Waals surface area contributed by atoms with Crippen molar-refractivity contribution in [2.45, 2.75) is 97.0 Å². The molecule has 0 saturated carbocycles. The second-order valence-electron chi connectivity index (χ2n) is 9.90. The van der Waals surface area contributed by atoms with Crippen LogP contribution >= 0.6 is 0 Å². The maximum Gasteiger partial charge on any atom is 0.0832 e. The topological polar surface area (TPSA) is 24.9 Å². The third-order valence-corrected chi connectivity index (χ3v) is 5.37. The summed E-state index contributed by atoms with van der Waals surface area (Å²) < 4.78 is 12.1. The Labute approximate surface area is 156 Å². The summed E-state index contributed by atoms with van der Waals surface area (Å²) in [4.78, 5) is 5.13. The zero-order valence-corrected chi connectivity index (χ0v) is 17.6.